The Morgan fingerprint density at radius 3 is 2.14 bits per heavy atom. The first-order valence-electron chi connectivity index (χ1n) is 6.58. The summed E-state index contributed by atoms with van der Waals surface area (Å²) >= 11 is 0. The lowest BCUT2D eigenvalue weighted by molar-refractivity contribution is 0.215. The second kappa shape index (κ2) is 8.28. The van der Waals surface area contributed by atoms with Crippen molar-refractivity contribution in [3.05, 3.63) is 0 Å². The van der Waals surface area contributed by atoms with E-state index in [1.165, 1.54) is 32.4 Å². The third kappa shape index (κ3) is 3.61. The Hall–Kier alpha value is -0.0400. The Morgan fingerprint density at radius 1 is 0.929 bits per heavy atom. The highest BCUT2D eigenvalue weighted by molar-refractivity contribution is 4.87. The van der Waals surface area contributed by atoms with Crippen molar-refractivity contribution >= 4 is 0 Å². The summed E-state index contributed by atoms with van der Waals surface area (Å²) in [5, 5.41) is 3.49. The van der Waals surface area contributed by atoms with Crippen LogP contribution in [-0.4, -0.2) is 13.1 Å². The molecule has 2 aliphatic rings. The molecule has 0 aromatic carbocycles. The molecule has 0 bridgehead atoms. The standard InChI is InChI=1S/C9H17N.2C2H6/c1-7-3-2-4-8-5-10-6-9(7)8;2*1-2/h7-10H,2-6H2,1H3;2*1-2H3. The van der Waals surface area contributed by atoms with Crippen molar-refractivity contribution < 1.29 is 0 Å². The summed E-state index contributed by atoms with van der Waals surface area (Å²) in [7, 11) is 0. The smallest absolute Gasteiger partial charge is 0.00147 e. The van der Waals surface area contributed by atoms with Gasteiger partial charge in [0.2, 0.25) is 0 Å². The van der Waals surface area contributed by atoms with Crippen LogP contribution in [0.3, 0.4) is 0 Å². The monoisotopic (exact) mass is 199 g/mol. The number of hydrogen-bond acceptors (Lipinski definition) is 1. The molecule has 14 heavy (non-hydrogen) atoms. The highest BCUT2D eigenvalue weighted by Gasteiger charge is 2.33. The van der Waals surface area contributed by atoms with Crippen molar-refractivity contribution in [3.8, 4) is 0 Å². The summed E-state index contributed by atoms with van der Waals surface area (Å²) < 4.78 is 0. The van der Waals surface area contributed by atoms with Crippen LogP contribution in [0.25, 0.3) is 0 Å². The van der Waals surface area contributed by atoms with Crippen molar-refractivity contribution in [2.45, 2.75) is 53.9 Å². The Morgan fingerprint density at radius 2 is 1.57 bits per heavy atom. The average molecular weight is 199 g/mol. The second-order valence-electron chi connectivity index (χ2n) is 3.99. The number of nitrogens with one attached hydrogen (secondary N) is 1. The molecule has 1 nitrogen and oxygen atoms in total. The summed E-state index contributed by atoms with van der Waals surface area (Å²) in [6.45, 7) is 13.0. The molecule has 1 heterocycles. The van der Waals surface area contributed by atoms with Gasteiger partial charge in [0.15, 0.2) is 0 Å². The highest BCUT2D eigenvalue weighted by atomic mass is 14.9. The second-order valence-corrected chi connectivity index (χ2v) is 3.99. The topological polar surface area (TPSA) is 12.0 Å². The van der Waals surface area contributed by atoms with Gasteiger partial charge in [0.05, 0.1) is 0 Å². The van der Waals surface area contributed by atoms with Crippen LogP contribution in [0.1, 0.15) is 53.9 Å². The molecule has 1 aliphatic carbocycles. The van der Waals surface area contributed by atoms with Gasteiger partial charge in [0.25, 0.3) is 0 Å². The van der Waals surface area contributed by atoms with Crippen LogP contribution in [0.15, 0.2) is 0 Å². The predicted molar refractivity (Wildman–Crippen MR) is 65.6 cm³/mol. The molecule has 2 fully saturated rings. The molecule has 3 atom stereocenters. The van der Waals surface area contributed by atoms with E-state index in [1.807, 2.05) is 27.7 Å². The van der Waals surface area contributed by atoms with Gasteiger partial charge in [-0.05, 0) is 37.3 Å². The summed E-state index contributed by atoms with van der Waals surface area (Å²) in [5.41, 5.74) is 0. The van der Waals surface area contributed by atoms with E-state index in [2.05, 4.69) is 12.2 Å². The predicted octanol–water partition coefficient (Wildman–Crippen LogP) is 3.69. The Balaban J connectivity index is 0.000000379. The van der Waals surface area contributed by atoms with Crippen LogP contribution in [0.5, 0.6) is 0 Å². The minimum Gasteiger partial charge on any atom is -0.316 e. The van der Waals surface area contributed by atoms with Crippen LogP contribution in [0, 0.1) is 17.8 Å². The molecule has 2 rings (SSSR count). The third-order valence-corrected chi connectivity index (χ3v) is 3.36. The minimum absolute atomic E-state index is 0.994. The van der Waals surface area contributed by atoms with Gasteiger partial charge in [-0.3, -0.25) is 0 Å². The van der Waals surface area contributed by atoms with Gasteiger partial charge in [0.1, 0.15) is 0 Å². The molecule has 1 aliphatic heterocycles. The van der Waals surface area contributed by atoms with Crippen molar-refractivity contribution in [2.75, 3.05) is 13.1 Å². The first-order chi connectivity index (χ1) is 6.88. The van der Waals surface area contributed by atoms with Crippen LogP contribution in [0.4, 0.5) is 0 Å². The number of rotatable bonds is 0. The molecule has 3 unspecified atom stereocenters. The first-order valence-corrected chi connectivity index (χ1v) is 6.58. The maximum Gasteiger partial charge on any atom is -0.00147 e. The molecule has 1 saturated carbocycles. The van der Waals surface area contributed by atoms with E-state index in [9.17, 15) is 0 Å². The van der Waals surface area contributed by atoms with E-state index in [0.717, 1.165) is 17.8 Å². The zero-order valence-electron chi connectivity index (χ0n) is 10.8. The van der Waals surface area contributed by atoms with E-state index < -0.39 is 0 Å². The van der Waals surface area contributed by atoms with E-state index in [1.54, 1.807) is 0 Å². The molecule has 0 spiro atoms. The first kappa shape index (κ1) is 14.0. The van der Waals surface area contributed by atoms with Gasteiger partial charge in [-0.15, -0.1) is 0 Å². The lowest BCUT2D eigenvalue weighted by Crippen LogP contribution is -2.24. The van der Waals surface area contributed by atoms with Gasteiger partial charge in [-0.25, -0.2) is 0 Å². The van der Waals surface area contributed by atoms with Gasteiger partial charge < -0.3 is 5.32 Å². The molecule has 0 radical (unpaired) electrons. The SMILES string of the molecule is CC.CC.CC1CCCC2CNCC12. The zero-order chi connectivity index (χ0) is 11.0. The maximum atomic E-state index is 3.49. The normalized spacial score (nSPS) is 34.5. The summed E-state index contributed by atoms with van der Waals surface area (Å²) in [6.07, 6.45) is 4.44. The fraction of sp³-hybridized carbons (Fsp3) is 1.00. The van der Waals surface area contributed by atoms with Crippen LogP contribution >= 0.6 is 0 Å². The summed E-state index contributed by atoms with van der Waals surface area (Å²) in [6, 6.07) is 0. The molecular weight excluding hydrogens is 170 g/mol. The minimum atomic E-state index is 0.994. The molecule has 0 aromatic rings. The summed E-state index contributed by atoms with van der Waals surface area (Å²) in [4.78, 5) is 0. The Kier molecular flexibility index (Phi) is 8.26. The van der Waals surface area contributed by atoms with Gasteiger partial charge >= 0.3 is 0 Å². The van der Waals surface area contributed by atoms with Gasteiger partial charge in [-0.2, -0.15) is 0 Å². The third-order valence-electron chi connectivity index (χ3n) is 3.36. The van der Waals surface area contributed by atoms with Gasteiger partial charge in [0, 0.05) is 0 Å². The van der Waals surface area contributed by atoms with Gasteiger partial charge in [-0.1, -0.05) is 47.5 Å². The molecular formula is C13H29N. The largest absolute Gasteiger partial charge is 0.316 e. The average Bonchev–Trinajstić information content (AvgIpc) is 2.73. The molecule has 1 heteroatoms. The Labute approximate surface area is 90.7 Å². The maximum absolute atomic E-state index is 3.49. The van der Waals surface area contributed by atoms with Crippen molar-refractivity contribution in [2.24, 2.45) is 17.8 Å². The highest BCUT2D eigenvalue weighted by Crippen LogP contribution is 2.36. The number of hydrogen-bond donors (Lipinski definition) is 1. The fourth-order valence-electron chi connectivity index (χ4n) is 2.65. The Bertz CT molecular complexity index is 122. The van der Waals surface area contributed by atoms with E-state index in [4.69, 9.17) is 0 Å². The van der Waals surface area contributed by atoms with E-state index in [0.29, 0.717) is 0 Å². The van der Waals surface area contributed by atoms with E-state index in [-0.39, 0.29) is 0 Å². The van der Waals surface area contributed by atoms with Crippen molar-refractivity contribution in [1.82, 2.24) is 5.32 Å². The lowest BCUT2D eigenvalue weighted by Gasteiger charge is -2.30. The molecule has 1 saturated heterocycles. The molecule has 86 valence electrons. The van der Waals surface area contributed by atoms with Crippen molar-refractivity contribution in [1.29, 1.82) is 0 Å². The van der Waals surface area contributed by atoms with E-state index >= 15 is 0 Å². The van der Waals surface area contributed by atoms with Crippen LogP contribution in [-0.2, 0) is 0 Å². The zero-order valence-corrected chi connectivity index (χ0v) is 10.8. The lowest BCUT2D eigenvalue weighted by atomic mass is 9.75. The van der Waals surface area contributed by atoms with Crippen LogP contribution in [0.2, 0.25) is 0 Å². The summed E-state index contributed by atoms with van der Waals surface area (Å²) in [5.74, 6) is 3.05. The molecule has 1 N–H and O–H groups in total. The van der Waals surface area contributed by atoms with Crippen LogP contribution < -0.4 is 5.32 Å². The fourth-order valence-corrected chi connectivity index (χ4v) is 2.65. The molecule has 0 amide bonds. The van der Waals surface area contributed by atoms with Crippen molar-refractivity contribution in [3.63, 3.8) is 0 Å². The molecule has 0 aromatic heterocycles. The number of fused-ring (bicyclic) bond motifs is 1. The quantitative estimate of drug-likeness (QED) is 0.627.